The van der Waals surface area contributed by atoms with Crippen molar-refractivity contribution < 1.29 is 19.4 Å². The molecule has 5 nitrogen and oxygen atoms in total. The number of thioether (sulfide) groups is 1. The van der Waals surface area contributed by atoms with Crippen LogP contribution in [0, 0.1) is 0 Å². The van der Waals surface area contributed by atoms with Crippen molar-refractivity contribution in [1.82, 2.24) is 0 Å². The molecule has 0 bridgehead atoms. The van der Waals surface area contributed by atoms with Gasteiger partial charge in [0.05, 0.1) is 13.2 Å². The molecule has 0 amide bonds. The van der Waals surface area contributed by atoms with Gasteiger partial charge in [0.2, 0.25) is 0 Å². The van der Waals surface area contributed by atoms with E-state index in [9.17, 15) is 4.79 Å². The van der Waals surface area contributed by atoms with Crippen molar-refractivity contribution in [3.63, 3.8) is 0 Å². The normalized spacial score (nSPS) is 26.7. The Labute approximate surface area is 99.7 Å². The summed E-state index contributed by atoms with van der Waals surface area (Å²) in [7, 11) is 0. The van der Waals surface area contributed by atoms with Gasteiger partial charge in [0, 0.05) is 6.42 Å². The molecule has 1 saturated heterocycles. The Morgan fingerprint density at radius 3 is 3.12 bits per heavy atom. The molecule has 6 heteroatoms. The van der Waals surface area contributed by atoms with Gasteiger partial charge in [-0.3, -0.25) is 4.79 Å². The summed E-state index contributed by atoms with van der Waals surface area (Å²) in [6.07, 6.45) is 2.46. The van der Waals surface area contributed by atoms with Crippen molar-refractivity contribution in [2.24, 2.45) is 5.73 Å². The number of rotatable bonds is 6. The third kappa shape index (κ3) is 3.93. The lowest BCUT2D eigenvalue weighted by molar-refractivity contribution is -0.154. The number of carbonyl (C=O) groups is 1. The molecule has 3 atom stereocenters. The van der Waals surface area contributed by atoms with E-state index in [1.165, 1.54) is 0 Å². The second-order valence-electron chi connectivity index (χ2n) is 3.74. The zero-order valence-corrected chi connectivity index (χ0v) is 10.2. The van der Waals surface area contributed by atoms with Gasteiger partial charge in [-0.25, -0.2) is 0 Å². The minimum absolute atomic E-state index is 0.127. The Kier molecular flexibility index (Phi) is 6.12. The van der Waals surface area contributed by atoms with E-state index in [-0.39, 0.29) is 12.7 Å². The van der Waals surface area contributed by atoms with Crippen LogP contribution >= 0.6 is 11.8 Å². The fraction of sp³-hybridized carbons (Fsp3) is 0.900. The molecule has 0 aromatic rings. The van der Waals surface area contributed by atoms with Crippen LogP contribution in [-0.4, -0.2) is 54.5 Å². The summed E-state index contributed by atoms with van der Waals surface area (Å²) < 4.78 is 10.4. The Hall–Kier alpha value is -0.300. The first-order valence-electron chi connectivity index (χ1n) is 5.36. The summed E-state index contributed by atoms with van der Waals surface area (Å²) in [5.41, 5.74) is 5.68. The number of aliphatic hydroxyl groups excluding tert-OH is 1. The highest BCUT2D eigenvalue weighted by Gasteiger charge is 2.32. The topological polar surface area (TPSA) is 81.8 Å². The smallest absolute Gasteiger partial charge is 0.323 e. The van der Waals surface area contributed by atoms with Crippen molar-refractivity contribution in [2.45, 2.75) is 31.1 Å². The van der Waals surface area contributed by atoms with E-state index in [1.807, 2.05) is 6.26 Å². The van der Waals surface area contributed by atoms with E-state index in [4.69, 9.17) is 20.3 Å². The largest absolute Gasteiger partial charge is 0.458 e. The maximum absolute atomic E-state index is 11.6. The van der Waals surface area contributed by atoms with Crippen molar-refractivity contribution in [3.8, 4) is 0 Å². The molecule has 3 unspecified atom stereocenters. The van der Waals surface area contributed by atoms with E-state index in [0.29, 0.717) is 19.4 Å². The summed E-state index contributed by atoms with van der Waals surface area (Å²) >= 11 is 1.64. The Morgan fingerprint density at radius 2 is 2.50 bits per heavy atom. The van der Waals surface area contributed by atoms with Gasteiger partial charge in [0.25, 0.3) is 0 Å². The second kappa shape index (κ2) is 7.11. The van der Waals surface area contributed by atoms with Crippen molar-refractivity contribution in [2.75, 3.05) is 25.2 Å². The molecule has 0 radical (unpaired) electrons. The number of hydrogen-bond donors (Lipinski definition) is 2. The Bertz CT molecular complexity index is 227. The van der Waals surface area contributed by atoms with Crippen LogP contribution in [0.15, 0.2) is 0 Å². The molecule has 0 aromatic carbocycles. The maximum Gasteiger partial charge on any atom is 0.323 e. The molecule has 1 rings (SSSR count). The van der Waals surface area contributed by atoms with E-state index < -0.39 is 18.1 Å². The molecule has 0 aliphatic carbocycles. The van der Waals surface area contributed by atoms with Crippen LogP contribution in [0.3, 0.4) is 0 Å². The fourth-order valence-electron chi connectivity index (χ4n) is 1.53. The average Bonchev–Trinajstić information content (AvgIpc) is 2.72. The minimum atomic E-state index is -0.576. The molecule has 3 N–H and O–H groups in total. The van der Waals surface area contributed by atoms with E-state index in [0.717, 1.165) is 5.75 Å². The quantitative estimate of drug-likeness (QED) is 0.632. The van der Waals surface area contributed by atoms with Crippen LogP contribution in [-0.2, 0) is 14.3 Å². The molecule has 1 aliphatic heterocycles. The van der Waals surface area contributed by atoms with Crippen LogP contribution in [0.25, 0.3) is 0 Å². The van der Waals surface area contributed by atoms with Gasteiger partial charge in [0.15, 0.2) is 0 Å². The standard InChI is InChI=1S/C10H19NO4S/c1-16-5-3-7(11)10(13)15-8-2-4-14-9(8)6-12/h7-9,12H,2-6,11H2,1H3. The van der Waals surface area contributed by atoms with Gasteiger partial charge in [-0.2, -0.15) is 11.8 Å². The first-order valence-corrected chi connectivity index (χ1v) is 6.76. The molecule has 0 spiro atoms. The summed E-state index contributed by atoms with van der Waals surface area (Å²) in [5.74, 6) is 0.434. The minimum Gasteiger partial charge on any atom is -0.458 e. The number of nitrogens with two attached hydrogens (primary N) is 1. The molecular weight excluding hydrogens is 230 g/mol. The monoisotopic (exact) mass is 249 g/mol. The third-order valence-corrected chi connectivity index (χ3v) is 3.18. The molecule has 94 valence electrons. The Morgan fingerprint density at radius 1 is 1.75 bits per heavy atom. The van der Waals surface area contributed by atoms with Crippen molar-refractivity contribution >= 4 is 17.7 Å². The van der Waals surface area contributed by atoms with Crippen LogP contribution in [0.4, 0.5) is 0 Å². The van der Waals surface area contributed by atoms with Gasteiger partial charge in [0.1, 0.15) is 18.2 Å². The van der Waals surface area contributed by atoms with Crippen LogP contribution in [0.1, 0.15) is 12.8 Å². The molecule has 0 aromatic heterocycles. The summed E-state index contributed by atoms with van der Waals surface area (Å²) in [6.45, 7) is 0.390. The van der Waals surface area contributed by atoms with E-state index >= 15 is 0 Å². The SMILES string of the molecule is CSCCC(N)C(=O)OC1CCOC1CO. The number of esters is 1. The summed E-state index contributed by atoms with van der Waals surface area (Å²) in [5, 5.41) is 8.98. The highest BCUT2D eigenvalue weighted by molar-refractivity contribution is 7.98. The first-order chi connectivity index (χ1) is 7.69. The van der Waals surface area contributed by atoms with Crippen molar-refractivity contribution in [1.29, 1.82) is 0 Å². The molecular formula is C10H19NO4S. The van der Waals surface area contributed by atoms with Gasteiger partial charge >= 0.3 is 5.97 Å². The van der Waals surface area contributed by atoms with Gasteiger partial charge < -0.3 is 20.3 Å². The average molecular weight is 249 g/mol. The highest BCUT2D eigenvalue weighted by Crippen LogP contribution is 2.17. The number of hydrogen-bond acceptors (Lipinski definition) is 6. The molecule has 1 fully saturated rings. The second-order valence-corrected chi connectivity index (χ2v) is 4.73. The zero-order valence-electron chi connectivity index (χ0n) is 9.43. The highest BCUT2D eigenvalue weighted by atomic mass is 32.2. The summed E-state index contributed by atoms with van der Waals surface area (Å²) in [4.78, 5) is 11.6. The third-order valence-electron chi connectivity index (χ3n) is 2.53. The van der Waals surface area contributed by atoms with Gasteiger partial charge in [-0.15, -0.1) is 0 Å². The first kappa shape index (κ1) is 13.8. The Balaban J connectivity index is 2.32. The number of ether oxygens (including phenoxy) is 2. The number of carbonyl (C=O) groups excluding carboxylic acids is 1. The molecule has 1 aliphatic rings. The van der Waals surface area contributed by atoms with E-state index in [2.05, 4.69) is 0 Å². The molecule has 0 saturated carbocycles. The van der Waals surface area contributed by atoms with Crippen LogP contribution in [0.2, 0.25) is 0 Å². The predicted molar refractivity (Wildman–Crippen MR) is 62.3 cm³/mol. The summed E-state index contributed by atoms with van der Waals surface area (Å²) in [6, 6.07) is -0.576. The zero-order chi connectivity index (χ0) is 12.0. The maximum atomic E-state index is 11.6. The van der Waals surface area contributed by atoms with Gasteiger partial charge in [-0.05, 0) is 18.4 Å². The lowest BCUT2D eigenvalue weighted by Crippen LogP contribution is -2.38. The lowest BCUT2D eigenvalue weighted by Gasteiger charge is -2.19. The number of aliphatic hydroxyl groups is 1. The molecule has 1 heterocycles. The lowest BCUT2D eigenvalue weighted by atomic mass is 10.2. The van der Waals surface area contributed by atoms with Crippen LogP contribution in [0.5, 0.6) is 0 Å². The predicted octanol–water partition coefficient (Wildman–Crippen LogP) is -0.240. The fourth-order valence-corrected chi connectivity index (χ4v) is 2.02. The van der Waals surface area contributed by atoms with Gasteiger partial charge in [-0.1, -0.05) is 0 Å². The van der Waals surface area contributed by atoms with E-state index in [1.54, 1.807) is 11.8 Å². The van der Waals surface area contributed by atoms with Crippen LogP contribution < -0.4 is 5.73 Å². The van der Waals surface area contributed by atoms with Crippen molar-refractivity contribution in [3.05, 3.63) is 0 Å². The molecule has 16 heavy (non-hydrogen) atoms.